The number of nitrogens with two attached hydrogens (primary N) is 1. The molecule has 0 aliphatic carbocycles. The van der Waals surface area contributed by atoms with E-state index in [0.29, 0.717) is 80.0 Å². The second-order valence-corrected chi connectivity index (χ2v) is 11.7. The van der Waals surface area contributed by atoms with Crippen LogP contribution in [0.25, 0.3) is 21.7 Å². The molecule has 3 fully saturated rings. The monoisotopic (exact) mass is 629 g/mol. The molecule has 3 saturated heterocycles. The minimum atomic E-state index is -1.81. The first-order valence-electron chi connectivity index (χ1n) is 15.2. The maximum atomic E-state index is 13.1. The zero-order valence-electron chi connectivity index (χ0n) is 25.2. The number of nitrogen functional groups attached to an aromatic ring is 1. The number of nitrogens with one attached hydrogen (secondary N) is 1. The first-order valence-corrected chi connectivity index (χ1v) is 15.2. The van der Waals surface area contributed by atoms with Crippen molar-refractivity contribution in [1.29, 1.82) is 0 Å². The summed E-state index contributed by atoms with van der Waals surface area (Å²) in [6.45, 7) is 7.58. The number of ether oxygens (including phenoxy) is 5. The van der Waals surface area contributed by atoms with E-state index in [1.54, 1.807) is 6.20 Å². The van der Waals surface area contributed by atoms with Gasteiger partial charge in [0, 0.05) is 61.9 Å². The van der Waals surface area contributed by atoms with Crippen LogP contribution < -0.4 is 11.3 Å². The van der Waals surface area contributed by atoms with Gasteiger partial charge in [-0.1, -0.05) is 0 Å². The molecule has 244 valence electrons. The highest BCUT2D eigenvalue weighted by atomic mass is 16.6. The third-order valence-corrected chi connectivity index (χ3v) is 8.58. The first kappa shape index (κ1) is 31.3. The van der Waals surface area contributed by atoms with Gasteiger partial charge in [0.05, 0.1) is 50.9 Å². The van der Waals surface area contributed by atoms with Crippen LogP contribution in [0.1, 0.15) is 26.0 Å². The number of anilines is 1. The number of carbonyl (C=O) groups excluding carboxylic acids is 2. The highest BCUT2D eigenvalue weighted by Gasteiger charge is 2.56. The number of aromatic nitrogens is 4. The Bertz CT molecular complexity index is 1580. The SMILES string of the molecule is CC1(O)C(OC(=O)CCN2CCOCC2)C(COC(=O)CCN2CCOCC2)OC1n1cc2c(N)cc3c(=O)[nH]ncc(n1)c23. The fourth-order valence-corrected chi connectivity index (χ4v) is 6.09. The fourth-order valence-electron chi connectivity index (χ4n) is 6.09. The third-order valence-electron chi connectivity index (χ3n) is 8.58. The quantitative estimate of drug-likeness (QED) is 0.241. The van der Waals surface area contributed by atoms with Crippen molar-refractivity contribution in [3.8, 4) is 0 Å². The number of H-pyrrole nitrogens is 1. The van der Waals surface area contributed by atoms with Crippen molar-refractivity contribution < 1.29 is 38.4 Å². The van der Waals surface area contributed by atoms with E-state index in [1.807, 2.05) is 0 Å². The van der Waals surface area contributed by atoms with E-state index in [0.717, 1.165) is 13.1 Å². The summed E-state index contributed by atoms with van der Waals surface area (Å²) >= 11 is 0. The molecule has 3 aliphatic heterocycles. The number of aromatic amines is 1. The summed E-state index contributed by atoms with van der Waals surface area (Å²) in [5, 5.41) is 24.2. The molecule has 16 heteroatoms. The van der Waals surface area contributed by atoms with Gasteiger partial charge in [-0.2, -0.15) is 10.2 Å². The van der Waals surface area contributed by atoms with E-state index >= 15 is 0 Å². The lowest BCUT2D eigenvalue weighted by atomic mass is 9.96. The van der Waals surface area contributed by atoms with Crippen LogP contribution >= 0.6 is 0 Å². The number of nitrogens with zero attached hydrogens (tertiary/aromatic N) is 5. The molecule has 16 nitrogen and oxygen atoms in total. The van der Waals surface area contributed by atoms with Gasteiger partial charge < -0.3 is 34.5 Å². The molecule has 4 unspecified atom stereocenters. The molecule has 0 bridgehead atoms. The number of hydrogen-bond donors (Lipinski definition) is 3. The van der Waals surface area contributed by atoms with E-state index in [2.05, 4.69) is 25.1 Å². The average Bonchev–Trinajstić information content (AvgIpc) is 3.44. The largest absolute Gasteiger partial charge is 0.463 e. The van der Waals surface area contributed by atoms with Gasteiger partial charge >= 0.3 is 11.9 Å². The molecule has 0 amide bonds. The number of aliphatic hydroxyl groups is 1. The highest BCUT2D eigenvalue weighted by molar-refractivity contribution is 6.14. The molecule has 2 aromatic heterocycles. The van der Waals surface area contributed by atoms with Crippen LogP contribution in [0.3, 0.4) is 0 Å². The van der Waals surface area contributed by atoms with Gasteiger partial charge in [0.1, 0.15) is 23.8 Å². The standard InChI is InChI=1S/C29H39N7O9/c1-29(40)26(45-24(38)3-5-35-8-12-42-13-9-35)22(17-43-23(37)2-4-34-6-10-41-11-7-34)44-28(29)36-16-19-20(30)14-18-25(19)21(33-36)15-31-32-27(18)39/h14-16,22,26,28,40H,2-13,17,30H2,1H3,(H,32,39). The molecule has 0 saturated carbocycles. The Morgan fingerprint density at radius 1 is 1.07 bits per heavy atom. The van der Waals surface area contributed by atoms with Crippen LogP contribution in [-0.4, -0.2) is 137 Å². The van der Waals surface area contributed by atoms with Gasteiger partial charge in [-0.25, -0.2) is 9.78 Å². The number of morpholine rings is 2. The highest BCUT2D eigenvalue weighted by Crippen LogP contribution is 2.41. The van der Waals surface area contributed by atoms with Gasteiger partial charge in [-0.3, -0.25) is 24.2 Å². The maximum absolute atomic E-state index is 13.1. The summed E-state index contributed by atoms with van der Waals surface area (Å²) in [5.74, 6) is -0.967. The number of carbonyl (C=O) groups is 2. The zero-order chi connectivity index (χ0) is 31.6. The Kier molecular flexibility index (Phi) is 9.30. The molecule has 1 aromatic carbocycles. The van der Waals surface area contributed by atoms with Crippen LogP contribution in [-0.2, 0) is 33.3 Å². The average molecular weight is 630 g/mol. The Balaban J connectivity index is 1.22. The lowest BCUT2D eigenvalue weighted by Crippen LogP contribution is -2.48. The predicted octanol–water partition coefficient (Wildman–Crippen LogP) is -0.597. The minimum Gasteiger partial charge on any atom is -0.463 e. The van der Waals surface area contributed by atoms with Crippen LogP contribution in [0.5, 0.6) is 0 Å². The topological polar surface area (TPSA) is 197 Å². The van der Waals surface area contributed by atoms with E-state index in [4.69, 9.17) is 29.4 Å². The molecule has 3 aliphatic rings. The molecule has 45 heavy (non-hydrogen) atoms. The minimum absolute atomic E-state index is 0.0924. The van der Waals surface area contributed by atoms with Gasteiger partial charge in [0.15, 0.2) is 12.3 Å². The van der Waals surface area contributed by atoms with Crippen molar-refractivity contribution in [3.05, 3.63) is 28.8 Å². The molecule has 0 spiro atoms. The van der Waals surface area contributed by atoms with Gasteiger partial charge in [0.25, 0.3) is 5.56 Å². The van der Waals surface area contributed by atoms with E-state index in [1.165, 1.54) is 23.9 Å². The van der Waals surface area contributed by atoms with E-state index in [9.17, 15) is 19.5 Å². The predicted molar refractivity (Wildman–Crippen MR) is 159 cm³/mol. The van der Waals surface area contributed by atoms with Crippen LogP contribution in [0.4, 0.5) is 5.69 Å². The third kappa shape index (κ3) is 6.80. The Morgan fingerprint density at radius 2 is 1.71 bits per heavy atom. The number of esters is 2. The second-order valence-electron chi connectivity index (χ2n) is 11.7. The molecule has 5 heterocycles. The summed E-state index contributed by atoms with van der Waals surface area (Å²) in [6, 6.07) is 1.54. The van der Waals surface area contributed by atoms with Crippen molar-refractivity contribution in [2.75, 3.05) is 78.0 Å². The zero-order valence-corrected chi connectivity index (χ0v) is 25.2. The summed E-state index contributed by atoms with van der Waals surface area (Å²) in [7, 11) is 0. The fraction of sp³-hybridized carbons (Fsp3) is 0.621. The van der Waals surface area contributed by atoms with Crippen molar-refractivity contribution >= 4 is 39.3 Å². The molecule has 6 rings (SSSR count). The lowest BCUT2D eigenvalue weighted by Gasteiger charge is -2.31. The van der Waals surface area contributed by atoms with Gasteiger partial charge in [-0.15, -0.1) is 0 Å². The van der Waals surface area contributed by atoms with Crippen molar-refractivity contribution in [2.45, 2.75) is 43.8 Å². The number of rotatable bonds is 10. The Hall–Kier alpha value is -3.67. The van der Waals surface area contributed by atoms with Gasteiger partial charge in [-0.05, 0) is 13.0 Å². The maximum Gasteiger partial charge on any atom is 0.307 e. The Morgan fingerprint density at radius 3 is 2.38 bits per heavy atom. The summed E-state index contributed by atoms with van der Waals surface area (Å²) < 4.78 is 29.8. The summed E-state index contributed by atoms with van der Waals surface area (Å²) in [6.07, 6.45) is -0.166. The molecule has 3 aromatic rings. The number of hydrogen-bond acceptors (Lipinski definition) is 14. The normalized spacial score (nSPS) is 26.4. The van der Waals surface area contributed by atoms with Crippen LogP contribution in [0, 0.1) is 0 Å². The summed E-state index contributed by atoms with van der Waals surface area (Å²) in [5.41, 5.74) is 4.69. The van der Waals surface area contributed by atoms with E-state index < -0.39 is 41.5 Å². The van der Waals surface area contributed by atoms with Gasteiger partial charge in [0.2, 0.25) is 0 Å². The molecular weight excluding hydrogens is 590 g/mol. The smallest absolute Gasteiger partial charge is 0.307 e. The molecule has 0 radical (unpaired) electrons. The molecule has 4 atom stereocenters. The second kappa shape index (κ2) is 13.4. The van der Waals surface area contributed by atoms with E-state index in [-0.39, 0.29) is 19.4 Å². The van der Waals surface area contributed by atoms with Crippen LogP contribution in [0.2, 0.25) is 0 Å². The van der Waals surface area contributed by atoms with Crippen molar-refractivity contribution in [2.24, 2.45) is 0 Å². The lowest BCUT2D eigenvalue weighted by molar-refractivity contribution is -0.166. The first-order chi connectivity index (χ1) is 21.7. The Labute approximate surface area is 258 Å². The van der Waals surface area contributed by atoms with Crippen LogP contribution in [0.15, 0.2) is 23.3 Å². The van der Waals surface area contributed by atoms with Crippen molar-refractivity contribution in [3.63, 3.8) is 0 Å². The summed E-state index contributed by atoms with van der Waals surface area (Å²) in [4.78, 5) is 42.5. The van der Waals surface area contributed by atoms with Crippen molar-refractivity contribution in [1.82, 2.24) is 29.8 Å². The molecular formula is C29H39N7O9. The molecule has 4 N–H and O–H groups in total.